The van der Waals surface area contributed by atoms with Crippen LogP contribution >= 0.6 is 0 Å². The van der Waals surface area contributed by atoms with Crippen LogP contribution in [0.1, 0.15) is 55.4 Å². The predicted octanol–water partition coefficient (Wildman–Crippen LogP) is 4.46. The molecule has 0 aromatic heterocycles. The highest BCUT2D eigenvalue weighted by Gasteiger charge is 2.57. The van der Waals surface area contributed by atoms with Gasteiger partial charge in [0.25, 0.3) is 0 Å². The third-order valence-corrected chi connectivity index (χ3v) is 13.9. The lowest BCUT2D eigenvalue weighted by molar-refractivity contribution is -0.165. The van der Waals surface area contributed by atoms with Crippen molar-refractivity contribution in [2.24, 2.45) is 23.7 Å². The molecule has 0 aromatic rings. The summed E-state index contributed by atoms with van der Waals surface area (Å²) >= 11 is 0. The van der Waals surface area contributed by atoms with Gasteiger partial charge in [-0.05, 0) is 30.5 Å². The van der Waals surface area contributed by atoms with Gasteiger partial charge in [-0.1, -0.05) is 53.7 Å². The van der Waals surface area contributed by atoms with Crippen LogP contribution in [0.2, 0.25) is 16.6 Å². The zero-order valence-electron chi connectivity index (χ0n) is 21.6. The lowest BCUT2D eigenvalue weighted by Gasteiger charge is -2.48. The van der Waals surface area contributed by atoms with Crippen LogP contribution in [0.3, 0.4) is 0 Å². The van der Waals surface area contributed by atoms with E-state index in [0.29, 0.717) is 29.8 Å². The van der Waals surface area contributed by atoms with Crippen LogP contribution in [-0.4, -0.2) is 58.6 Å². The van der Waals surface area contributed by atoms with Crippen molar-refractivity contribution < 1.29 is 33.0 Å². The number of rotatable bonds is 8. The summed E-state index contributed by atoms with van der Waals surface area (Å²) in [6, 6.07) is 0. The Kier molecular flexibility index (Phi) is 7.83. The average molecular weight is 483 g/mol. The van der Waals surface area contributed by atoms with Crippen LogP contribution in [-0.2, 0) is 33.0 Å². The maximum absolute atomic E-state index is 13.1. The second-order valence-electron chi connectivity index (χ2n) is 11.1. The standard InChI is InChI=1S/C25H42O7Si/c1-14(2)33(15(3)4,16(5)6)32-22(19-13-30-25(7,8)31-19)18-11-10-17-12-29-24(27)20(17)21(18)23(26)28-9/h10-11,14-22H,12-13H2,1-9H3/t17-,18-,19+,20-,21+,22+/m1/s1. The van der Waals surface area contributed by atoms with Crippen molar-refractivity contribution in [1.82, 2.24) is 0 Å². The first-order valence-corrected chi connectivity index (χ1v) is 14.4. The highest BCUT2D eigenvalue weighted by Crippen LogP contribution is 2.48. The fourth-order valence-electron chi connectivity index (χ4n) is 6.45. The Morgan fingerprint density at radius 2 is 1.67 bits per heavy atom. The van der Waals surface area contributed by atoms with Crippen molar-refractivity contribution in [3.05, 3.63) is 12.2 Å². The Labute approximate surface area is 199 Å². The summed E-state index contributed by atoms with van der Waals surface area (Å²) in [5.41, 5.74) is 1.05. The molecule has 1 aliphatic carbocycles. The molecular formula is C25H42O7Si. The Balaban J connectivity index is 2.09. The maximum atomic E-state index is 13.1. The summed E-state index contributed by atoms with van der Waals surface area (Å²) in [5, 5.41) is 0. The highest BCUT2D eigenvalue weighted by molar-refractivity contribution is 6.77. The van der Waals surface area contributed by atoms with Crippen molar-refractivity contribution in [3.63, 3.8) is 0 Å². The first-order chi connectivity index (χ1) is 15.4. The van der Waals surface area contributed by atoms with Gasteiger partial charge in [0, 0.05) is 11.8 Å². The molecule has 3 rings (SSSR count). The second kappa shape index (κ2) is 9.80. The van der Waals surface area contributed by atoms with Crippen molar-refractivity contribution in [1.29, 1.82) is 0 Å². The van der Waals surface area contributed by atoms with Crippen LogP contribution < -0.4 is 0 Å². The molecule has 188 valence electrons. The van der Waals surface area contributed by atoms with Gasteiger partial charge < -0.3 is 23.4 Å². The molecule has 6 atom stereocenters. The largest absolute Gasteiger partial charge is 0.469 e. The molecule has 0 unspecified atom stereocenters. The first kappa shape index (κ1) is 26.4. The number of esters is 2. The number of fused-ring (bicyclic) bond motifs is 1. The molecule has 0 spiro atoms. The molecular weight excluding hydrogens is 440 g/mol. The van der Waals surface area contributed by atoms with E-state index >= 15 is 0 Å². The third kappa shape index (κ3) is 4.81. The topological polar surface area (TPSA) is 80.3 Å². The van der Waals surface area contributed by atoms with E-state index in [0.717, 1.165) is 0 Å². The minimum Gasteiger partial charge on any atom is -0.469 e. The molecule has 0 radical (unpaired) electrons. The Hall–Kier alpha value is -1.22. The van der Waals surface area contributed by atoms with Crippen LogP contribution in [0.5, 0.6) is 0 Å². The molecule has 2 fully saturated rings. The van der Waals surface area contributed by atoms with E-state index in [4.69, 9.17) is 23.4 Å². The molecule has 2 aliphatic heterocycles. The summed E-state index contributed by atoms with van der Waals surface area (Å²) < 4.78 is 30.1. The summed E-state index contributed by atoms with van der Waals surface area (Å²) in [7, 11) is -0.980. The SMILES string of the molecule is COC(=O)[C@H]1[C@H]([C@H](O[Si](C(C)C)(C(C)C)C(C)C)[C@@H]2COC(C)(C)O2)C=C[C@@H]2COC(=O)[C@@H]12. The van der Waals surface area contributed by atoms with Gasteiger partial charge in [0.15, 0.2) is 5.79 Å². The molecule has 3 aliphatic rings. The van der Waals surface area contributed by atoms with E-state index in [1.54, 1.807) is 0 Å². The third-order valence-electron chi connectivity index (χ3n) is 7.83. The van der Waals surface area contributed by atoms with E-state index in [2.05, 4.69) is 41.5 Å². The Morgan fingerprint density at radius 3 is 2.15 bits per heavy atom. The van der Waals surface area contributed by atoms with Crippen LogP contribution in [0.15, 0.2) is 12.2 Å². The van der Waals surface area contributed by atoms with Gasteiger partial charge in [0.1, 0.15) is 6.10 Å². The maximum Gasteiger partial charge on any atom is 0.310 e. The second-order valence-corrected chi connectivity index (χ2v) is 16.5. The number of carbonyl (C=O) groups excluding carboxylic acids is 2. The zero-order valence-corrected chi connectivity index (χ0v) is 22.6. The molecule has 33 heavy (non-hydrogen) atoms. The minimum atomic E-state index is -2.35. The van der Waals surface area contributed by atoms with E-state index in [9.17, 15) is 9.59 Å². The molecule has 0 N–H and O–H groups in total. The number of cyclic esters (lactones) is 1. The predicted molar refractivity (Wildman–Crippen MR) is 127 cm³/mol. The van der Waals surface area contributed by atoms with Gasteiger partial charge in [-0.25, -0.2) is 0 Å². The lowest BCUT2D eigenvalue weighted by Crippen LogP contribution is -2.57. The first-order valence-electron chi connectivity index (χ1n) is 12.3. The fraction of sp³-hybridized carbons (Fsp3) is 0.840. The minimum absolute atomic E-state index is 0.127. The van der Waals surface area contributed by atoms with Crippen LogP contribution in [0.25, 0.3) is 0 Å². The van der Waals surface area contributed by atoms with Gasteiger partial charge in [0.05, 0.1) is 38.3 Å². The number of hydrogen-bond donors (Lipinski definition) is 0. The Morgan fingerprint density at radius 1 is 1.06 bits per heavy atom. The van der Waals surface area contributed by atoms with Gasteiger partial charge in [-0.15, -0.1) is 0 Å². The number of ether oxygens (including phenoxy) is 4. The molecule has 2 saturated heterocycles. The van der Waals surface area contributed by atoms with Crippen LogP contribution in [0.4, 0.5) is 0 Å². The normalized spacial score (nSPS) is 32.4. The summed E-state index contributed by atoms with van der Waals surface area (Å²) in [4.78, 5) is 25.8. The van der Waals surface area contributed by atoms with Crippen molar-refractivity contribution in [2.75, 3.05) is 20.3 Å². The summed E-state index contributed by atoms with van der Waals surface area (Å²) in [6.45, 7) is 17.8. The molecule has 0 aromatic carbocycles. The fourth-order valence-corrected chi connectivity index (χ4v) is 12.0. The van der Waals surface area contributed by atoms with Crippen molar-refractivity contribution in [3.8, 4) is 0 Å². The van der Waals surface area contributed by atoms with Crippen molar-refractivity contribution in [2.45, 2.75) is 90.0 Å². The molecule has 7 nitrogen and oxygen atoms in total. The van der Waals surface area contributed by atoms with E-state index in [1.165, 1.54) is 7.11 Å². The summed E-state index contributed by atoms with van der Waals surface area (Å²) in [6.07, 6.45) is 3.24. The summed E-state index contributed by atoms with van der Waals surface area (Å²) in [5.74, 6) is -3.24. The smallest absolute Gasteiger partial charge is 0.310 e. The van der Waals surface area contributed by atoms with E-state index in [1.807, 2.05) is 26.0 Å². The molecule has 0 bridgehead atoms. The van der Waals surface area contributed by atoms with Gasteiger partial charge in [-0.3, -0.25) is 9.59 Å². The lowest BCUT2D eigenvalue weighted by atomic mass is 9.69. The van der Waals surface area contributed by atoms with Gasteiger partial charge in [0.2, 0.25) is 8.32 Å². The van der Waals surface area contributed by atoms with Gasteiger partial charge in [-0.2, -0.15) is 0 Å². The monoisotopic (exact) mass is 482 g/mol. The molecule has 2 heterocycles. The molecule has 8 heteroatoms. The Bertz CT molecular complexity index is 738. The molecule has 0 amide bonds. The van der Waals surface area contributed by atoms with Crippen molar-refractivity contribution >= 4 is 20.3 Å². The zero-order chi connectivity index (χ0) is 24.7. The average Bonchev–Trinajstić information content (AvgIpc) is 3.29. The van der Waals surface area contributed by atoms with E-state index < -0.39 is 38.0 Å². The number of methoxy groups -OCH3 is 1. The number of carbonyl (C=O) groups is 2. The molecule has 0 saturated carbocycles. The highest BCUT2D eigenvalue weighted by atomic mass is 28.4. The van der Waals surface area contributed by atoms with E-state index in [-0.39, 0.29) is 23.9 Å². The van der Waals surface area contributed by atoms with Crippen LogP contribution in [0, 0.1) is 23.7 Å². The number of hydrogen-bond acceptors (Lipinski definition) is 7. The van der Waals surface area contributed by atoms with Gasteiger partial charge >= 0.3 is 11.9 Å². The quantitative estimate of drug-likeness (QED) is 0.287.